The average Bonchev–Trinajstić information content (AvgIpc) is 3.23. The van der Waals surface area contributed by atoms with E-state index in [9.17, 15) is 19.2 Å². The maximum absolute atomic E-state index is 14.2. The van der Waals surface area contributed by atoms with Gasteiger partial charge in [0.15, 0.2) is 0 Å². The molecule has 210 valence electrons. The maximum Gasteiger partial charge on any atom is 0.287 e. The molecule has 2 fully saturated rings. The molecule has 3 amide bonds. The third-order valence-electron chi connectivity index (χ3n) is 8.25. The van der Waals surface area contributed by atoms with Crippen molar-refractivity contribution in [2.45, 2.75) is 104 Å². The summed E-state index contributed by atoms with van der Waals surface area (Å²) in [5.41, 5.74) is 4.60. The van der Waals surface area contributed by atoms with Crippen LogP contribution in [0.5, 0.6) is 0 Å². The molecule has 1 aliphatic heterocycles. The second kappa shape index (κ2) is 12.2. The highest BCUT2D eigenvalue weighted by Gasteiger charge is 2.50. The van der Waals surface area contributed by atoms with Crippen LogP contribution in [0.2, 0.25) is 0 Å². The van der Waals surface area contributed by atoms with E-state index in [1.807, 2.05) is 20.8 Å². The molecule has 0 radical (unpaired) electrons. The number of nitrogens with one attached hydrogen (secondary N) is 2. The lowest BCUT2D eigenvalue weighted by molar-refractivity contribution is -0.142. The highest BCUT2D eigenvalue weighted by molar-refractivity contribution is 6.37. The van der Waals surface area contributed by atoms with E-state index >= 15 is 0 Å². The van der Waals surface area contributed by atoms with Gasteiger partial charge < -0.3 is 21.3 Å². The largest absolute Gasteiger partial charge is 0.363 e. The van der Waals surface area contributed by atoms with Crippen molar-refractivity contribution in [2.24, 2.45) is 22.5 Å². The van der Waals surface area contributed by atoms with E-state index < -0.39 is 41.1 Å². The number of ketones is 1. The van der Waals surface area contributed by atoms with Crippen molar-refractivity contribution in [3.8, 4) is 0 Å². The molecule has 4 N–H and O–H groups in total. The molecule has 2 aliphatic rings. The molecule has 3 rings (SSSR count). The minimum atomic E-state index is -1.05. The van der Waals surface area contributed by atoms with Crippen molar-refractivity contribution in [2.75, 3.05) is 11.9 Å². The van der Waals surface area contributed by atoms with Gasteiger partial charge in [0.05, 0.1) is 6.04 Å². The van der Waals surface area contributed by atoms with Crippen molar-refractivity contribution in [1.29, 1.82) is 0 Å². The van der Waals surface area contributed by atoms with E-state index in [4.69, 9.17) is 5.73 Å². The molecule has 1 saturated carbocycles. The molecular formula is C28H44N6O4. The zero-order valence-corrected chi connectivity index (χ0v) is 23.5. The SMILES string of the molecule is CCC[C@@]1(CC)C[C@@H](C(=O)NC(CC2CCC2)C(=O)C(N)=O)N(C(=O)[C@@H](Nc2ncccn2)C(C)(C)C)C1. The third kappa shape index (κ3) is 6.88. The first-order chi connectivity index (χ1) is 17.9. The predicted octanol–water partition coefficient (Wildman–Crippen LogP) is 2.83. The molecule has 0 aromatic carbocycles. The first-order valence-corrected chi connectivity index (χ1v) is 13.9. The summed E-state index contributed by atoms with van der Waals surface area (Å²) in [5, 5.41) is 6.01. The maximum atomic E-state index is 14.2. The number of rotatable bonds is 12. The number of aromatic nitrogens is 2. The molecule has 1 unspecified atom stereocenters. The number of anilines is 1. The summed E-state index contributed by atoms with van der Waals surface area (Å²) in [6.45, 7) is 10.5. The molecular weight excluding hydrogens is 484 g/mol. The van der Waals surface area contributed by atoms with Gasteiger partial charge in [0.1, 0.15) is 12.1 Å². The molecule has 2 heterocycles. The van der Waals surface area contributed by atoms with Crippen LogP contribution in [0.15, 0.2) is 18.5 Å². The quantitative estimate of drug-likeness (QED) is 0.353. The summed E-state index contributed by atoms with van der Waals surface area (Å²) in [7, 11) is 0. The van der Waals surface area contributed by atoms with E-state index in [1.54, 1.807) is 23.4 Å². The van der Waals surface area contributed by atoms with E-state index in [2.05, 4.69) is 34.4 Å². The molecule has 0 spiro atoms. The van der Waals surface area contributed by atoms with Gasteiger partial charge in [-0.25, -0.2) is 9.97 Å². The highest BCUT2D eigenvalue weighted by Crippen LogP contribution is 2.43. The number of nitrogens with two attached hydrogens (primary N) is 1. The van der Waals surface area contributed by atoms with Crippen LogP contribution in [-0.2, 0) is 19.2 Å². The van der Waals surface area contributed by atoms with Gasteiger partial charge in [-0.15, -0.1) is 0 Å². The number of amides is 3. The predicted molar refractivity (Wildman–Crippen MR) is 145 cm³/mol. The summed E-state index contributed by atoms with van der Waals surface area (Å²) in [6.07, 6.45) is 9.70. The van der Waals surface area contributed by atoms with Gasteiger partial charge >= 0.3 is 0 Å². The van der Waals surface area contributed by atoms with E-state index in [-0.39, 0.29) is 17.2 Å². The topological polar surface area (TPSA) is 147 Å². The lowest BCUT2D eigenvalue weighted by Crippen LogP contribution is -2.57. The summed E-state index contributed by atoms with van der Waals surface area (Å²) < 4.78 is 0. The number of nitrogens with zero attached hydrogens (tertiary/aromatic N) is 3. The first-order valence-electron chi connectivity index (χ1n) is 13.9. The lowest BCUT2D eigenvalue weighted by atomic mass is 9.78. The number of primary amides is 1. The van der Waals surface area contributed by atoms with Crippen LogP contribution in [0, 0.1) is 16.7 Å². The Balaban J connectivity index is 1.90. The molecule has 10 heteroatoms. The van der Waals surface area contributed by atoms with E-state index in [0.717, 1.165) is 38.5 Å². The van der Waals surface area contributed by atoms with Crippen molar-refractivity contribution < 1.29 is 19.2 Å². The van der Waals surface area contributed by atoms with Gasteiger partial charge in [0, 0.05) is 18.9 Å². The molecule has 1 aliphatic carbocycles. The number of carbonyl (C=O) groups is 4. The Labute approximate surface area is 225 Å². The van der Waals surface area contributed by atoms with Gasteiger partial charge in [-0.2, -0.15) is 0 Å². The standard InChI is InChI=1S/C28H44N6O4/c1-6-12-28(7-2)16-20(24(37)32-19(21(35)23(29)36)15-18-10-8-11-18)34(17-28)25(38)22(27(3,4)5)33-26-30-13-9-14-31-26/h9,13-14,18-20,22H,6-8,10-12,15-17H2,1-5H3,(H2,29,36)(H,32,37)(H,30,31,33)/t19?,20-,22+,28-/m0/s1. The van der Waals surface area contributed by atoms with Gasteiger partial charge in [0.25, 0.3) is 5.91 Å². The third-order valence-corrected chi connectivity index (χ3v) is 8.25. The Morgan fingerprint density at radius 2 is 1.82 bits per heavy atom. The monoisotopic (exact) mass is 528 g/mol. The number of Topliss-reactive ketones (excluding diaryl/α,β-unsaturated/α-hetero) is 1. The van der Waals surface area contributed by atoms with Crippen molar-refractivity contribution in [3.05, 3.63) is 18.5 Å². The zero-order valence-electron chi connectivity index (χ0n) is 23.5. The van der Waals surface area contributed by atoms with Crippen LogP contribution in [0.1, 0.15) is 86.0 Å². The van der Waals surface area contributed by atoms with E-state index in [1.165, 1.54) is 0 Å². The van der Waals surface area contributed by atoms with Crippen LogP contribution in [0.25, 0.3) is 0 Å². The van der Waals surface area contributed by atoms with Crippen LogP contribution >= 0.6 is 0 Å². The molecule has 1 saturated heterocycles. The van der Waals surface area contributed by atoms with Crippen LogP contribution < -0.4 is 16.4 Å². The second-order valence-electron chi connectivity index (χ2n) is 12.1. The molecule has 1 aromatic heterocycles. The van der Waals surface area contributed by atoms with E-state index in [0.29, 0.717) is 25.3 Å². The van der Waals surface area contributed by atoms with Gasteiger partial charge in [-0.05, 0) is 48.5 Å². The Morgan fingerprint density at radius 3 is 2.32 bits per heavy atom. The number of hydrogen-bond donors (Lipinski definition) is 3. The van der Waals surface area contributed by atoms with Crippen LogP contribution in [-0.4, -0.2) is 63.0 Å². The van der Waals surface area contributed by atoms with Gasteiger partial charge in [-0.3, -0.25) is 19.2 Å². The number of carbonyl (C=O) groups excluding carboxylic acids is 4. The summed E-state index contributed by atoms with van der Waals surface area (Å²) >= 11 is 0. The fourth-order valence-corrected chi connectivity index (χ4v) is 5.72. The van der Waals surface area contributed by atoms with Gasteiger partial charge in [0.2, 0.25) is 23.5 Å². The smallest absolute Gasteiger partial charge is 0.287 e. The molecule has 10 nitrogen and oxygen atoms in total. The highest BCUT2D eigenvalue weighted by atomic mass is 16.2. The number of likely N-dealkylation sites (tertiary alicyclic amines) is 1. The summed E-state index contributed by atoms with van der Waals surface area (Å²) in [4.78, 5) is 62.4. The van der Waals surface area contributed by atoms with Crippen molar-refractivity contribution in [3.63, 3.8) is 0 Å². The lowest BCUT2D eigenvalue weighted by Gasteiger charge is -2.36. The van der Waals surface area contributed by atoms with Crippen molar-refractivity contribution in [1.82, 2.24) is 20.2 Å². The Kier molecular flexibility index (Phi) is 9.49. The van der Waals surface area contributed by atoms with Crippen molar-refractivity contribution >= 4 is 29.5 Å². The Morgan fingerprint density at radius 1 is 1.16 bits per heavy atom. The van der Waals surface area contributed by atoms with Crippen LogP contribution in [0.4, 0.5) is 5.95 Å². The molecule has 0 bridgehead atoms. The Hall–Kier alpha value is -3.04. The fraction of sp³-hybridized carbons (Fsp3) is 0.714. The minimum absolute atomic E-state index is 0.213. The first kappa shape index (κ1) is 29.5. The fourth-order valence-electron chi connectivity index (χ4n) is 5.72. The molecule has 1 aromatic rings. The summed E-state index contributed by atoms with van der Waals surface area (Å²) in [6, 6.07) is -0.720. The van der Waals surface area contributed by atoms with Gasteiger partial charge in [-0.1, -0.05) is 60.3 Å². The Bertz CT molecular complexity index is 1010. The summed E-state index contributed by atoms with van der Waals surface area (Å²) in [5.74, 6) is -1.85. The number of hydrogen-bond acceptors (Lipinski definition) is 7. The van der Waals surface area contributed by atoms with Crippen LogP contribution in [0.3, 0.4) is 0 Å². The molecule has 38 heavy (non-hydrogen) atoms. The molecule has 4 atom stereocenters. The average molecular weight is 529 g/mol. The second-order valence-corrected chi connectivity index (χ2v) is 12.1. The minimum Gasteiger partial charge on any atom is -0.363 e. The zero-order chi connectivity index (χ0) is 28.1. The normalized spacial score (nSPS) is 23.3.